The summed E-state index contributed by atoms with van der Waals surface area (Å²) < 4.78 is 22.2. The van der Waals surface area contributed by atoms with Gasteiger partial charge in [0.15, 0.2) is 0 Å². The third-order valence-corrected chi connectivity index (χ3v) is 4.54. The third-order valence-electron chi connectivity index (χ3n) is 4.54. The Bertz CT molecular complexity index is 373. The lowest BCUT2D eigenvalue weighted by Gasteiger charge is -2.20. The smallest absolute Gasteiger partial charge is 0.220 e. The second-order valence-electron chi connectivity index (χ2n) is 6.44. The van der Waals surface area contributed by atoms with Gasteiger partial charge in [-0.05, 0) is 18.8 Å². The number of methoxy groups -OCH3 is 2. The van der Waals surface area contributed by atoms with Crippen molar-refractivity contribution in [2.75, 3.05) is 27.4 Å². The summed E-state index contributed by atoms with van der Waals surface area (Å²) in [4.78, 5) is 12.2. The number of hydrogen-bond donors (Lipinski definition) is 1. The fraction of sp³-hybridized carbons (Fsp3) is 0.929. The fourth-order valence-corrected chi connectivity index (χ4v) is 3.47. The zero-order valence-electron chi connectivity index (χ0n) is 14.0. The average Bonchev–Trinajstić information content (AvgIpc) is 3.00. The van der Waals surface area contributed by atoms with Gasteiger partial charge in [0.2, 0.25) is 5.91 Å². The molecule has 2 heterocycles. The van der Waals surface area contributed by atoms with Gasteiger partial charge in [0, 0.05) is 39.2 Å². The molecule has 0 aromatic carbocycles. The first-order valence-corrected chi connectivity index (χ1v) is 8.12. The maximum absolute atomic E-state index is 12.2. The van der Waals surface area contributed by atoms with E-state index in [0.717, 1.165) is 12.8 Å². The Morgan fingerprint density at radius 1 is 1.18 bits per heavy atom. The fourth-order valence-electron chi connectivity index (χ4n) is 3.47. The molecule has 2 saturated heterocycles. The van der Waals surface area contributed by atoms with Crippen molar-refractivity contribution in [2.24, 2.45) is 5.92 Å². The number of carbonyl (C=O) groups excluding carboxylic acids is 1. The van der Waals surface area contributed by atoms with Crippen LogP contribution in [0.2, 0.25) is 0 Å². The number of ether oxygens (including phenoxy) is 4. The predicted octanol–water partition coefficient (Wildman–Crippen LogP) is -1.73. The van der Waals surface area contributed by atoms with Crippen molar-refractivity contribution in [3.63, 3.8) is 0 Å². The van der Waals surface area contributed by atoms with E-state index >= 15 is 0 Å². The van der Waals surface area contributed by atoms with Gasteiger partial charge >= 0.3 is 0 Å². The number of hydrogen-bond acceptors (Lipinski definition) is 5. The highest BCUT2D eigenvalue weighted by molar-refractivity contribution is 6.11. The van der Waals surface area contributed by atoms with Crippen molar-refractivity contribution in [3.8, 4) is 0 Å². The zero-order chi connectivity index (χ0) is 16.1. The van der Waals surface area contributed by atoms with E-state index in [1.807, 2.05) is 15.7 Å². The molecular formula is C14H27B2NO5. The van der Waals surface area contributed by atoms with E-state index in [-0.39, 0.29) is 42.1 Å². The van der Waals surface area contributed by atoms with Gasteiger partial charge in [-0.3, -0.25) is 4.79 Å². The van der Waals surface area contributed by atoms with Crippen LogP contribution in [0, 0.1) is 5.92 Å². The number of amides is 1. The number of nitrogens with one attached hydrogen (secondary N) is 1. The van der Waals surface area contributed by atoms with Crippen LogP contribution in [0.1, 0.15) is 19.3 Å². The summed E-state index contributed by atoms with van der Waals surface area (Å²) in [5.41, 5.74) is 0. The van der Waals surface area contributed by atoms with Crippen molar-refractivity contribution >= 4 is 21.6 Å². The molecule has 1 amide bonds. The monoisotopic (exact) mass is 311 g/mol. The van der Waals surface area contributed by atoms with Gasteiger partial charge in [-0.1, -0.05) is 0 Å². The average molecular weight is 311 g/mol. The van der Waals surface area contributed by atoms with Crippen LogP contribution < -0.4 is 5.32 Å². The number of carbonyl (C=O) groups is 1. The van der Waals surface area contributed by atoms with Crippen molar-refractivity contribution in [1.29, 1.82) is 0 Å². The van der Waals surface area contributed by atoms with E-state index in [1.165, 1.54) is 0 Å². The number of rotatable bonds is 7. The van der Waals surface area contributed by atoms with Crippen LogP contribution >= 0.6 is 0 Å². The van der Waals surface area contributed by atoms with Crippen LogP contribution in [0.4, 0.5) is 0 Å². The highest BCUT2D eigenvalue weighted by Crippen LogP contribution is 2.28. The van der Waals surface area contributed by atoms with Crippen LogP contribution in [-0.2, 0) is 23.7 Å². The Hall–Kier alpha value is -0.560. The van der Waals surface area contributed by atoms with Crippen LogP contribution in [0.3, 0.4) is 0 Å². The Morgan fingerprint density at radius 3 is 2.55 bits per heavy atom. The first-order valence-electron chi connectivity index (χ1n) is 8.12. The summed E-state index contributed by atoms with van der Waals surface area (Å²) in [5.74, 6) is 0.262. The molecule has 2 rings (SSSR count). The van der Waals surface area contributed by atoms with E-state index in [4.69, 9.17) is 18.9 Å². The van der Waals surface area contributed by atoms with Crippen LogP contribution in [0.15, 0.2) is 0 Å². The Morgan fingerprint density at radius 2 is 1.86 bits per heavy atom. The lowest BCUT2D eigenvalue weighted by molar-refractivity contribution is -0.123. The molecule has 6 nitrogen and oxygen atoms in total. The molecule has 8 heteroatoms. The molecular weight excluding hydrogens is 284 g/mol. The lowest BCUT2D eigenvalue weighted by atomic mass is 9.89. The SMILES string of the molecule is B[C@H]1CC(CC(=O)NC[C@H]2O[C@@H](B)CC2OC)[C@@H](COC)O1. The molecule has 0 aromatic heterocycles. The minimum absolute atomic E-state index is 0.0141. The summed E-state index contributed by atoms with van der Waals surface area (Å²) in [7, 11) is 7.42. The van der Waals surface area contributed by atoms with Crippen LogP contribution in [-0.4, -0.2) is 79.3 Å². The molecule has 0 spiro atoms. The van der Waals surface area contributed by atoms with E-state index < -0.39 is 0 Å². The van der Waals surface area contributed by atoms with E-state index in [1.54, 1.807) is 14.2 Å². The Kier molecular flexibility index (Phi) is 6.74. The molecule has 2 aliphatic rings. The van der Waals surface area contributed by atoms with Crippen molar-refractivity contribution in [1.82, 2.24) is 5.32 Å². The van der Waals surface area contributed by atoms with E-state index in [0.29, 0.717) is 19.6 Å². The van der Waals surface area contributed by atoms with Gasteiger partial charge in [-0.15, -0.1) is 0 Å². The molecule has 2 fully saturated rings. The largest absolute Gasteiger partial charge is 0.382 e. The topological polar surface area (TPSA) is 66.0 Å². The van der Waals surface area contributed by atoms with Gasteiger partial charge in [0.1, 0.15) is 21.8 Å². The minimum atomic E-state index is -0.0579. The molecule has 0 bridgehead atoms. The summed E-state index contributed by atoms with van der Waals surface area (Å²) in [6, 6.07) is 0.372. The van der Waals surface area contributed by atoms with E-state index in [2.05, 4.69) is 5.32 Å². The zero-order valence-corrected chi connectivity index (χ0v) is 14.0. The van der Waals surface area contributed by atoms with Crippen LogP contribution in [0.25, 0.3) is 0 Å². The maximum Gasteiger partial charge on any atom is 0.220 e. The first-order chi connectivity index (χ1) is 10.5. The second kappa shape index (κ2) is 8.34. The van der Waals surface area contributed by atoms with Crippen molar-refractivity contribution in [2.45, 2.75) is 49.6 Å². The maximum atomic E-state index is 12.2. The Balaban J connectivity index is 1.75. The summed E-state index contributed by atoms with van der Waals surface area (Å²) in [6.07, 6.45) is 2.27. The quantitative estimate of drug-likeness (QED) is 0.566. The van der Waals surface area contributed by atoms with E-state index in [9.17, 15) is 4.79 Å². The molecule has 2 unspecified atom stereocenters. The molecule has 2 aliphatic heterocycles. The Labute approximate surface area is 134 Å². The van der Waals surface area contributed by atoms with Crippen LogP contribution in [0.5, 0.6) is 0 Å². The molecule has 0 radical (unpaired) electrons. The lowest BCUT2D eigenvalue weighted by Crippen LogP contribution is -2.39. The molecule has 124 valence electrons. The normalized spacial score (nSPS) is 38.3. The summed E-state index contributed by atoms with van der Waals surface area (Å²) in [5, 5.41) is 2.97. The second-order valence-corrected chi connectivity index (χ2v) is 6.44. The third kappa shape index (κ3) is 4.72. The highest BCUT2D eigenvalue weighted by atomic mass is 16.6. The standard InChI is InChI=1S/C14H27B2NO5/c1-19-7-11-8(3-12(15)22-11)4-14(18)17-6-10-9(20-2)5-13(16)21-10/h8-13H,3-7,15-16H2,1-2H3,(H,17,18)/t8?,9?,10-,11-,12-,13-/m1/s1. The minimum Gasteiger partial charge on any atom is -0.382 e. The highest BCUT2D eigenvalue weighted by Gasteiger charge is 2.35. The van der Waals surface area contributed by atoms with Gasteiger partial charge in [-0.2, -0.15) is 0 Å². The van der Waals surface area contributed by atoms with Gasteiger partial charge in [0.05, 0.1) is 18.8 Å². The molecule has 22 heavy (non-hydrogen) atoms. The molecule has 0 aromatic rings. The molecule has 1 N–H and O–H groups in total. The summed E-state index contributed by atoms with van der Waals surface area (Å²) >= 11 is 0. The molecule has 0 saturated carbocycles. The predicted molar refractivity (Wildman–Crippen MR) is 87.4 cm³/mol. The molecule has 0 aliphatic carbocycles. The van der Waals surface area contributed by atoms with Crippen molar-refractivity contribution in [3.05, 3.63) is 0 Å². The van der Waals surface area contributed by atoms with Gasteiger partial charge in [-0.25, -0.2) is 0 Å². The van der Waals surface area contributed by atoms with Gasteiger partial charge in [0.25, 0.3) is 0 Å². The van der Waals surface area contributed by atoms with Gasteiger partial charge < -0.3 is 24.3 Å². The first kappa shape index (κ1) is 17.8. The van der Waals surface area contributed by atoms with Crippen molar-refractivity contribution < 1.29 is 23.7 Å². The molecule has 6 atom stereocenters. The summed E-state index contributed by atoms with van der Waals surface area (Å²) in [6.45, 7) is 1.04.